The highest BCUT2D eigenvalue weighted by Gasteiger charge is 2.43. The Morgan fingerprint density at radius 3 is 2.64 bits per heavy atom. The van der Waals surface area contributed by atoms with Crippen LogP contribution in [0.3, 0.4) is 0 Å². The van der Waals surface area contributed by atoms with Crippen molar-refractivity contribution in [3.63, 3.8) is 0 Å². The highest BCUT2D eigenvalue weighted by molar-refractivity contribution is 8.26. The SMILES string of the molecule is O=C(C(c1c[nH]c2ccccc12)N1C(=O)/C(=C\Cc2ccccc2)SC1=S)N1CCOCC1. The minimum absolute atomic E-state index is 0.135. The zero-order valence-corrected chi connectivity index (χ0v) is 19.5. The summed E-state index contributed by atoms with van der Waals surface area (Å²) in [7, 11) is 0. The van der Waals surface area contributed by atoms with Gasteiger partial charge in [-0.25, -0.2) is 0 Å². The summed E-state index contributed by atoms with van der Waals surface area (Å²) in [5.74, 6) is -0.360. The third-order valence-corrected chi connectivity index (χ3v) is 7.30. The largest absolute Gasteiger partial charge is 0.378 e. The predicted octanol–water partition coefficient (Wildman–Crippen LogP) is 4.05. The van der Waals surface area contributed by atoms with Gasteiger partial charge in [-0.05, 0) is 18.1 Å². The second-order valence-corrected chi connectivity index (χ2v) is 9.61. The quantitative estimate of drug-likeness (QED) is 0.444. The van der Waals surface area contributed by atoms with Crippen LogP contribution in [0.25, 0.3) is 10.9 Å². The molecule has 2 amide bonds. The number of hydrogen-bond donors (Lipinski definition) is 1. The number of H-pyrrole nitrogens is 1. The van der Waals surface area contributed by atoms with E-state index < -0.39 is 6.04 Å². The molecule has 0 aliphatic carbocycles. The lowest BCUT2D eigenvalue weighted by molar-refractivity contribution is -0.143. The number of carbonyl (C=O) groups excluding carboxylic acids is 2. The van der Waals surface area contributed by atoms with Gasteiger partial charge in [0, 0.05) is 35.8 Å². The summed E-state index contributed by atoms with van der Waals surface area (Å²) in [6.45, 7) is 1.97. The second-order valence-electron chi connectivity index (χ2n) is 7.93. The third-order valence-electron chi connectivity index (χ3n) is 5.92. The summed E-state index contributed by atoms with van der Waals surface area (Å²) in [4.78, 5) is 34.4. The smallest absolute Gasteiger partial charge is 0.266 e. The number of amides is 2. The molecule has 0 radical (unpaired) electrons. The van der Waals surface area contributed by atoms with Crippen molar-refractivity contribution in [3.8, 4) is 0 Å². The monoisotopic (exact) mass is 477 g/mol. The molecule has 2 saturated heterocycles. The lowest BCUT2D eigenvalue weighted by atomic mass is 10.0. The first-order chi connectivity index (χ1) is 16.1. The van der Waals surface area contributed by atoms with Crippen LogP contribution in [0.15, 0.2) is 71.8 Å². The lowest BCUT2D eigenvalue weighted by Gasteiger charge is -2.33. The molecule has 0 saturated carbocycles. The summed E-state index contributed by atoms with van der Waals surface area (Å²) in [6.07, 6.45) is 4.35. The van der Waals surface area contributed by atoms with Gasteiger partial charge in [0.1, 0.15) is 10.4 Å². The van der Waals surface area contributed by atoms with Gasteiger partial charge in [-0.1, -0.05) is 78.6 Å². The number of thioether (sulfide) groups is 1. The van der Waals surface area contributed by atoms with E-state index in [1.165, 1.54) is 16.7 Å². The first-order valence-electron chi connectivity index (χ1n) is 10.9. The molecule has 2 aliphatic heterocycles. The normalized spacial score (nSPS) is 19.0. The Balaban J connectivity index is 1.51. The number of morpholine rings is 1. The number of hydrogen-bond acceptors (Lipinski definition) is 5. The van der Waals surface area contributed by atoms with Crippen molar-refractivity contribution in [2.75, 3.05) is 26.3 Å². The van der Waals surface area contributed by atoms with Crippen LogP contribution in [0.1, 0.15) is 17.2 Å². The maximum Gasteiger partial charge on any atom is 0.266 e. The first kappa shape index (κ1) is 21.9. The molecule has 1 aromatic heterocycles. The van der Waals surface area contributed by atoms with Crippen molar-refractivity contribution >= 4 is 51.0 Å². The first-order valence-corrected chi connectivity index (χ1v) is 12.1. The number of fused-ring (bicyclic) bond motifs is 1. The van der Waals surface area contributed by atoms with E-state index in [0.29, 0.717) is 41.9 Å². The molecule has 168 valence electrons. The number of nitrogens with zero attached hydrogens (tertiary/aromatic N) is 2. The van der Waals surface area contributed by atoms with Crippen LogP contribution < -0.4 is 0 Å². The summed E-state index contributed by atoms with van der Waals surface area (Å²) in [6, 6.07) is 16.9. The second kappa shape index (κ2) is 9.51. The molecule has 2 fully saturated rings. The molecule has 3 aromatic rings. The van der Waals surface area contributed by atoms with Crippen molar-refractivity contribution in [2.45, 2.75) is 12.5 Å². The van der Waals surface area contributed by atoms with Gasteiger partial charge < -0.3 is 14.6 Å². The Morgan fingerprint density at radius 2 is 1.85 bits per heavy atom. The number of ether oxygens (including phenoxy) is 1. The van der Waals surface area contributed by atoms with E-state index in [4.69, 9.17) is 17.0 Å². The van der Waals surface area contributed by atoms with E-state index in [-0.39, 0.29) is 11.8 Å². The predicted molar refractivity (Wildman–Crippen MR) is 134 cm³/mol. The van der Waals surface area contributed by atoms with Crippen LogP contribution in [-0.2, 0) is 20.7 Å². The zero-order valence-electron chi connectivity index (χ0n) is 17.9. The molecule has 33 heavy (non-hydrogen) atoms. The van der Waals surface area contributed by atoms with Crippen molar-refractivity contribution < 1.29 is 14.3 Å². The van der Waals surface area contributed by atoms with Gasteiger partial charge in [-0.2, -0.15) is 0 Å². The summed E-state index contributed by atoms with van der Waals surface area (Å²) < 4.78 is 5.83. The van der Waals surface area contributed by atoms with Crippen molar-refractivity contribution in [3.05, 3.63) is 82.9 Å². The summed E-state index contributed by atoms with van der Waals surface area (Å²) in [5, 5.41) is 0.909. The van der Waals surface area contributed by atoms with Gasteiger partial charge in [-0.15, -0.1) is 0 Å². The van der Waals surface area contributed by atoms with Crippen molar-refractivity contribution in [1.82, 2.24) is 14.8 Å². The molecular formula is C25H23N3O3S2. The van der Waals surface area contributed by atoms with Crippen LogP contribution >= 0.6 is 24.0 Å². The lowest BCUT2D eigenvalue weighted by Crippen LogP contribution is -2.48. The molecule has 8 heteroatoms. The molecule has 3 heterocycles. The van der Waals surface area contributed by atoms with Crippen LogP contribution in [0, 0.1) is 0 Å². The molecule has 1 unspecified atom stereocenters. The molecule has 2 aromatic carbocycles. The number of aromatic nitrogens is 1. The van der Waals surface area contributed by atoms with E-state index in [1.54, 1.807) is 4.90 Å². The van der Waals surface area contributed by atoms with Gasteiger partial charge in [0.25, 0.3) is 11.8 Å². The number of para-hydroxylation sites is 1. The van der Waals surface area contributed by atoms with E-state index >= 15 is 0 Å². The fraction of sp³-hybridized carbons (Fsp3) is 0.240. The van der Waals surface area contributed by atoms with E-state index in [9.17, 15) is 9.59 Å². The minimum Gasteiger partial charge on any atom is -0.378 e. The number of nitrogens with one attached hydrogen (secondary N) is 1. The number of rotatable bonds is 5. The molecule has 5 rings (SSSR count). The summed E-state index contributed by atoms with van der Waals surface area (Å²) in [5.41, 5.74) is 2.78. The number of allylic oxidation sites excluding steroid dienone is 1. The Hall–Kier alpha value is -2.94. The highest BCUT2D eigenvalue weighted by atomic mass is 32.2. The van der Waals surface area contributed by atoms with Crippen molar-refractivity contribution in [2.24, 2.45) is 0 Å². The number of benzene rings is 2. The Kier molecular flexibility index (Phi) is 6.30. The van der Waals surface area contributed by atoms with Crippen LogP contribution in [0.5, 0.6) is 0 Å². The standard InChI is InChI=1S/C25H23N3O3S2/c29-23-21(11-10-17-6-2-1-3-7-17)33-25(32)28(23)22(24(30)27-12-14-31-15-13-27)19-16-26-20-9-5-4-8-18(19)20/h1-9,11,16,22,26H,10,12-15H2/b21-11+. The Labute approximate surface area is 201 Å². The number of thiocarbonyl (C=S) groups is 1. The van der Waals surface area contributed by atoms with Crippen LogP contribution in [0.2, 0.25) is 0 Å². The van der Waals surface area contributed by atoms with Gasteiger partial charge in [0.05, 0.1) is 18.1 Å². The number of carbonyl (C=O) groups is 2. The maximum absolute atomic E-state index is 13.8. The van der Waals surface area contributed by atoms with Gasteiger partial charge in [0.15, 0.2) is 0 Å². The highest BCUT2D eigenvalue weighted by Crippen LogP contribution is 2.40. The van der Waals surface area contributed by atoms with Crippen LogP contribution in [-0.4, -0.2) is 57.2 Å². The van der Waals surface area contributed by atoms with Crippen LogP contribution in [0.4, 0.5) is 0 Å². The Bertz CT molecular complexity index is 1230. The average molecular weight is 478 g/mol. The van der Waals surface area contributed by atoms with Gasteiger partial charge in [0.2, 0.25) is 0 Å². The Morgan fingerprint density at radius 1 is 1.12 bits per heavy atom. The molecule has 0 bridgehead atoms. The summed E-state index contributed by atoms with van der Waals surface area (Å²) >= 11 is 6.90. The van der Waals surface area contributed by atoms with E-state index in [0.717, 1.165) is 22.0 Å². The molecule has 0 spiro atoms. The third kappa shape index (κ3) is 4.34. The molecular weight excluding hydrogens is 454 g/mol. The van der Waals surface area contributed by atoms with E-state index in [1.807, 2.05) is 66.9 Å². The van der Waals surface area contributed by atoms with E-state index in [2.05, 4.69) is 4.98 Å². The topological polar surface area (TPSA) is 65.6 Å². The molecule has 6 nitrogen and oxygen atoms in total. The maximum atomic E-state index is 13.8. The van der Waals surface area contributed by atoms with Gasteiger partial charge >= 0.3 is 0 Å². The number of aromatic amines is 1. The molecule has 1 N–H and O–H groups in total. The molecule has 1 atom stereocenters. The zero-order chi connectivity index (χ0) is 22.8. The fourth-order valence-corrected chi connectivity index (χ4v) is 5.51. The van der Waals surface area contributed by atoms with Crippen molar-refractivity contribution in [1.29, 1.82) is 0 Å². The minimum atomic E-state index is -0.825. The molecule has 2 aliphatic rings. The fourth-order valence-electron chi connectivity index (χ4n) is 4.22. The van der Waals surface area contributed by atoms with Gasteiger partial charge in [-0.3, -0.25) is 14.5 Å². The average Bonchev–Trinajstić information content (AvgIpc) is 3.40.